The molecule has 6 N–H and O–H groups in total. The second kappa shape index (κ2) is 8.49. The number of nitrogens with one attached hydrogen (secondary N) is 1. The van der Waals surface area contributed by atoms with E-state index in [-0.39, 0.29) is 5.75 Å². The third-order valence-electron chi connectivity index (χ3n) is 7.84. The topological polar surface area (TPSA) is 101 Å². The zero-order valence-electron chi connectivity index (χ0n) is 19.1. The number of likely N-dealkylation sites (tertiary alicyclic amines) is 1. The molecule has 2 aliphatic heterocycles. The smallest absolute Gasteiger partial charge is 0.124 e. The Bertz CT molecular complexity index is 993. The normalized spacial score (nSPS) is 22.5. The van der Waals surface area contributed by atoms with Crippen LogP contribution in [0.5, 0.6) is 5.75 Å². The second-order valence-corrected chi connectivity index (χ2v) is 10.2. The van der Waals surface area contributed by atoms with E-state index in [9.17, 15) is 5.11 Å². The Labute approximate surface area is 190 Å². The van der Waals surface area contributed by atoms with Crippen LogP contribution in [0, 0.1) is 5.41 Å². The lowest BCUT2D eigenvalue weighted by Gasteiger charge is -2.56. The van der Waals surface area contributed by atoms with Crippen LogP contribution < -0.4 is 11.5 Å². The maximum Gasteiger partial charge on any atom is 0.124 e. The van der Waals surface area contributed by atoms with E-state index in [0.29, 0.717) is 34.3 Å². The lowest BCUT2D eigenvalue weighted by atomic mass is 9.63. The van der Waals surface area contributed by atoms with Crippen LogP contribution in [0.3, 0.4) is 0 Å². The number of H-pyrrole nitrogens is 1. The monoisotopic (exact) mass is 436 g/mol. The number of phenolic OH excluding ortho intramolecular Hbond substituents is 1. The molecule has 1 saturated carbocycles. The van der Waals surface area contributed by atoms with Crippen LogP contribution in [0.2, 0.25) is 0 Å². The van der Waals surface area contributed by atoms with E-state index >= 15 is 0 Å². The van der Waals surface area contributed by atoms with E-state index in [1.54, 1.807) is 12.1 Å². The van der Waals surface area contributed by atoms with Gasteiger partial charge in [-0.3, -0.25) is 0 Å². The zero-order chi connectivity index (χ0) is 22.3. The van der Waals surface area contributed by atoms with Gasteiger partial charge in [-0.2, -0.15) is 0 Å². The van der Waals surface area contributed by atoms with E-state index in [0.717, 1.165) is 38.2 Å². The molecule has 0 radical (unpaired) electrons. The van der Waals surface area contributed by atoms with Crippen molar-refractivity contribution in [1.29, 1.82) is 0 Å². The number of ether oxygens (including phenoxy) is 1. The van der Waals surface area contributed by atoms with Crippen molar-refractivity contribution in [3.05, 3.63) is 46.6 Å². The number of para-hydroxylation sites is 1. The number of aromatic hydroxyl groups is 1. The second-order valence-electron chi connectivity index (χ2n) is 10.2. The molecule has 1 aliphatic carbocycles. The molecule has 6 heteroatoms. The number of phenols is 1. The van der Waals surface area contributed by atoms with Crippen LogP contribution in [0.1, 0.15) is 73.2 Å². The molecular formula is C26H36N4O2. The van der Waals surface area contributed by atoms with Gasteiger partial charge < -0.3 is 31.2 Å². The van der Waals surface area contributed by atoms with E-state index in [1.165, 1.54) is 43.6 Å². The molecule has 32 heavy (non-hydrogen) atoms. The number of anilines is 1. The average molecular weight is 437 g/mol. The van der Waals surface area contributed by atoms with Gasteiger partial charge in [0.25, 0.3) is 0 Å². The highest BCUT2D eigenvalue weighted by molar-refractivity contribution is 5.86. The number of aromatic nitrogens is 1. The average Bonchev–Trinajstić information content (AvgIpc) is 3.06. The molecule has 2 aromatic rings. The Kier molecular flexibility index (Phi) is 5.68. The van der Waals surface area contributed by atoms with Gasteiger partial charge in [-0.05, 0) is 60.8 Å². The molecular weight excluding hydrogens is 400 g/mol. The van der Waals surface area contributed by atoms with E-state index in [1.807, 2.05) is 18.2 Å². The summed E-state index contributed by atoms with van der Waals surface area (Å²) in [6.07, 6.45) is 8.14. The summed E-state index contributed by atoms with van der Waals surface area (Å²) in [5.41, 5.74) is 18.3. The number of aromatic amines is 1. The van der Waals surface area contributed by atoms with E-state index in [2.05, 4.69) is 16.8 Å². The Morgan fingerprint density at radius 2 is 2.00 bits per heavy atom. The van der Waals surface area contributed by atoms with Crippen molar-refractivity contribution in [1.82, 2.24) is 9.88 Å². The van der Waals surface area contributed by atoms with Gasteiger partial charge in [0.1, 0.15) is 11.6 Å². The highest BCUT2D eigenvalue weighted by Crippen LogP contribution is 2.49. The number of nitrogens with two attached hydrogens (primary N) is 2. The molecule has 0 bridgehead atoms. The van der Waals surface area contributed by atoms with Crippen molar-refractivity contribution < 1.29 is 9.84 Å². The molecule has 1 aromatic heterocycles. The highest BCUT2D eigenvalue weighted by Gasteiger charge is 2.47. The van der Waals surface area contributed by atoms with Crippen LogP contribution in [0.4, 0.5) is 5.82 Å². The summed E-state index contributed by atoms with van der Waals surface area (Å²) in [5, 5.41) is 10.3. The first kappa shape index (κ1) is 21.4. The summed E-state index contributed by atoms with van der Waals surface area (Å²) < 4.78 is 5.61. The van der Waals surface area contributed by atoms with Crippen molar-refractivity contribution in [3.8, 4) is 5.75 Å². The summed E-state index contributed by atoms with van der Waals surface area (Å²) in [5.74, 6) is 1.60. The minimum absolute atomic E-state index is 0.181. The quantitative estimate of drug-likeness (QED) is 0.543. The molecule has 3 heterocycles. The van der Waals surface area contributed by atoms with Gasteiger partial charge in [0.2, 0.25) is 0 Å². The maximum absolute atomic E-state index is 10.3. The van der Waals surface area contributed by atoms with Gasteiger partial charge in [0.05, 0.1) is 0 Å². The zero-order valence-corrected chi connectivity index (χ0v) is 19.1. The fourth-order valence-corrected chi connectivity index (χ4v) is 6.02. The number of hydrogen-bond acceptors (Lipinski definition) is 5. The number of benzene rings is 1. The fraction of sp³-hybridized carbons (Fsp3) is 0.538. The summed E-state index contributed by atoms with van der Waals surface area (Å²) >= 11 is 0. The predicted octanol–water partition coefficient (Wildman–Crippen LogP) is 4.24. The Morgan fingerprint density at radius 1 is 1.28 bits per heavy atom. The molecule has 5 rings (SSSR count). The Hall–Kier alpha value is -2.44. The van der Waals surface area contributed by atoms with Crippen molar-refractivity contribution in [2.24, 2.45) is 11.1 Å². The van der Waals surface area contributed by atoms with Crippen molar-refractivity contribution in [3.63, 3.8) is 0 Å². The van der Waals surface area contributed by atoms with E-state index < -0.39 is 0 Å². The molecule has 1 aromatic carbocycles. The third-order valence-corrected chi connectivity index (χ3v) is 7.84. The lowest BCUT2D eigenvalue weighted by Crippen LogP contribution is -2.60. The molecule has 3 fully saturated rings. The fourth-order valence-electron chi connectivity index (χ4n) is 6.02. The maximum atomic E-state index is 10.3. The number of nitrogen functional groups attached to an aromatic ring is 1. The summed E-state index contributed by atoms with van der Waals surface area (Å²) in [6.45, 7) is 7.38. The van der Waals surface area contributed by atoms with Crippen LogP contribution in [-0.4, -0.2) is 47.8 Å². The molecule has 3 aliphatic rings. The number of nitrogens with zero attached hydrogens (tertiary/aromatic N) is 1. The van der Waals surface area contributed by atoms with Crippen LogP contribution in [0.15, 0.2) is 24.3 Å². The van der Waals surface area contributed by atoms with Gasteiger partial charge >= 0.3 is 0 Å². The number of hydrogen-bond donors (Lipinski definition) is 4. The molecule has 0 amide bonds. The standard InChI is InChI=1S/C26H36N4O2/c1-17(14-30-15-26(16-30)9-4-10-26)23-20(13-21(27)19-5-2-3-6-22(19)31)25(28)29-24(23)18-7-11-32-12-8-18/h2-3,5-6,13,17-18,29,31H,4,7-12,14-16,27-28H2,1H3/b21-13-. The van der Waals surface area contributed by atoms with Crippen LogP contribution >= 0.6 is 0 Å². The Balaban J connectivity index is 1.47. The third kappa shape index (κ3) is 3.90. The van der Waals surface area contributed by atoms with Crippen molar-refractivity contribution in [2.45, 2.75) is 50.9 Å². The minimum Gasteiger partial charge on any atom is -0.507 e. The molecule has 1 atom stereocenters. The van der Waals surface area contributed by atoms with Crippen molar-refractivity contribution >= 4 is 17.6 Å². The van der Waals surface area contributed by atoms with Gasteiger partial charge in [-0.15, -0.1) is 0 Å². The summed E-state index contributed by atoms with van der Waals surface area (Å²) in [7, 11) is 0. The molecule has 1 spiro atoms. The summed E-state index contributed by atoms with van der Waals surface area (Å²) in [6, 6.07) is 7.18. The summed E-state index contributed by atoms with van der Waals surface area (Å²) in [4.78, 5) is 6.12. The molecule has 2 saturated heterocycles. The highest BCUT2D eigenvalue weighted by atomic mass is 16.5. The molecule has 172 valence electrons. The van der Waals surface area contributed by atoms with Crippen LogP contribution in [-0.2, 0) is 4.74 Å². The predicted molar refractivity (Wildman–Crippen MR) is 129 cm³/mol. The van der Waals surface area contributed by atoms with Crippen LogP contribution in [0.25, 0.3) is 11.8 Å². The largest absolute Gasteiger partial charge is 0.507 e. The first-order valence-electron chi connectivity index (χ1n) is 12.0. The van der Waals surface area contributed by atoms with Gasteiger partial charge in [0.15, 0.2) is 0 Å². The first-order chi connectivity index (χ1) is 15.5. The van der Waals surface area contributed by atoms with E-state index in [4.69, 9.17) is 16.2 Å². The number of rotatable bonds is 6. The Morgan fingerprint density at radius 3 is 2.66 bits per heavy atom. The van der Waals surface area contributed by atoms with Gasteiger partial charge in [-0.25, -0.2) is 0 Å². The molecule has 1 unspecified atom stereocenters. The van der Waals surface area contributed by atoms with Crippen molar-refractivity contribution in [2.75, 3.05) is 38.6 Å². The SMILES string of the molecule is CC(CN1CC2(CCC2)C1)c1c(C2CCOCC2)[nH]c(N)c1/C=C(\N)c1ccccc1O. The first-order valence-corrected chi connectivity index (χ1v) is 12.0. The molecule has 6 nitrogen and oxygen atoms in total. The lowest BCUT2D eigenvalue weighted by molar-refractivity contribution is -0.0615. The van der Waals surface area contributed by atoms with Gasteiger partial charge in [-0.1, -0.05) is 25.5 Å². The van der Waals surface area contributed by atoms with Gasteiger partial charge in [0, 0.05) is 61.3 Å². The minimum atomic E-state index is 0.181.